The first-order chi connectivity index (χ1) is 10.1. The van der Waals surface area contributed by atoms with Gasteiger partial charge in [-0.2, -0.15) is 0 Å². The van der Waals surface area contributed by atoms with Crippen LogP contribution in [0.2, 0.25) is 0 Å². The van der Waals surface area contributed by atoms with E-state index in [-0.39, 0.29) is 0 Å². The molecule has 1 aliphatic carbocycles. The van der Waals surface area contributed by atoms with Crippen LogP contribution in [0.5, 0.6) is 0 Å². The largest absolute Gasteiger partial charge is 0.383 e. The molecule has 0 heterocycles. The Bertz CT molecular complexity index is 893. The van der Waals surface area contributed by atoms with E-state index in [4.69, 9.17) is 0 Å². The molecule has 3 aromatic rings. The molecule has 0 aromatic heterocycles. The minimum Gasteiger partial charge on any atom is -0.383 e. The van der Waals surface area contributed by atoms with Crippen molar-refractivity contribution in [2.24, 2.45) is 0 Å². The molecule has 3 nitrogen and oxygen atoms in total. The molecular formula is C18H14O3. The van der Waals surface area contributed by atoms with E-state index in [1.807, 2.05) is 30.3 Å². The maximum absolute atomic E-state index is 10.1. The Labute approximate surface area is 121 Å². The van der Waals surface area contributed by atoms with Crippen molar-refractivity contribution >= 4 is 27.6 Å². The van der Waals surface area contributed by atoms with Gasteiger partial charge < -0.3 is 15.3 Å². The van der Waals surface area contributed by atoms with Crippen LogP contribution in [0.4, 0.5) is 0 Å². The lowest BCUT2D eigenvalue weighted by Gasteiger charge is -2.31. The molecule has 1 unspecified atom stereocenters. The van der Waals surface area contributed by atoms with Crippen molar-refractivity contribution in [2.45, 2.75) is 11.9 Å². The minimum atomic E-state index is -2.25. The molecule has 21 heavy (non-hydrogen) atoms. The van der Waals surface area contributed by atoms with E-state index in [1.54, 1.807) is 12.1 Å². The third kappa shape index (κ3) is 1.66. The van der Waals surface area contributed by atoms with E-state index in [0.29, 0.717) is 5.56 Å². The van der Waals surface area contributed by atoms with E-state index in [0.717, 1.165) is 27.1 Å². The smallest absolute Gasteiger partial charge is 0.221 e. The molecule has 0 bridgehead atoms. The van der Waals surface area contributed by atoms with Gasteiger partial charge in [0.1, 0.15) is 6.10 Å². The molecule has 4 rings (SSSR count). The summed E-state index contributed by atoms with van der Waals surface area (Å²) in [6.07, 6.45) is 1.85. The molecule has 0 spiro atoms. The van der Waals surface area contributed by atoms with Crippen molar-refractivity contribution in [1.29, 1.82) is 0 Å². The van der Waals surface area contributed by atoms with E-state index < -0.39 is 11.9 Å². The van der Waals surface area contributed by atoms with Gasteiger partial charge in [-0.05, 0) is 33.2 Å². The van der Waals surface area contributed by atoms with Crippen LogP contribution in [-0.2, 0) is 5.79 Å². The standard InChI is InChI=1S/C18H14O3/c19-17-10-8-15-14-6-5-11-3-1-2-4-12(11)13(14)7-9-16(15)18(17,20)21/h1-10,17,19-21H. The third-order valence-corrected chi connectivity index (χ3v) is 4.22. The Morgan fingerprint density at radius 1 is 0.810 bits per heavy atom. The first-order valence-corrected chi connectivity index (χ1v) is 6.85. The van der Waals surface area contributed by atoms with E-state index in [1.165, 1.54) is 6.08 Å². The van der Waals surface area contributed by atoms with Gasteiger partial charge in [0.15, 0.2) is 0 Å². The monoisotopic (exact) mass is 278 g/mol. The summed E-state index contributed by atoms with van der Waals surface area (Å²) in [6.45, 7) is 0. The van der Waals surface area contributed by atoms with Crippen LogP contribution in [0.3, 0.4) is 0 Å². The quantitative estimate of drug-likeness (QED) is 0.437. The maximum Gasteiger partial charge on any atom is 0.221 e. The lowest BCUT2D eigenvalue weighted by Crippen LogP contribution is -2.40. The first kappa shape index (κ1) is 12.5. The molecule has 0 aliphatic heterocycles. The summed E-state index contributed by atoms with van der Waals surface area (Å²) in [5, 5.41) is 34.3. The Kier molecular flexibility index (Phi) is 2.48. The Balaban J connectivity index is 2.13. The highest BCUT2D eigenvalue weighted by molar-refractivity contribution is 6.10. The second kappa shape index (κ2) is 4.15. The fraction of sp³-hybridized carbons (Fsp3) is 0.111. The van der Waals surface area contributed by atoms with Crippen LogP contribution in [0.1, 0.15) is 11.1 Å². The predicted octanol–water partition coefficient (Wildman–Crippen LogP) is 2.52. The van der Waals surface area contributed by atoms with Crippen LogP contribution in [0.25, 0.3) is 27.6 Å². The molecule has 0 amide bonds. The summed E-state index contributed by atoms with van der Waals surface area (Å²) < 4.78 is 0. The summed E-state index contributed by atoms with van der Waals surface area (Å²) in [6, 6.07) is 15.6. The SMILES string of the molecule is OC1C=Cc2c(ccc3c2ccc2ccccc23)C1(O)O. The van der Waals surface area contributed by atoms with Gasteiger partial charge in [-0.3, -0.25) is 0 Å². The summed E-state index contributed by atoms with van der Waals surface area (Å²) in [5.74, 6) is -2.25. The molecule has 3 aromatic carbocycles. The van der Waals surface area contributed by atoms with Crippen molar-refractivity contribution in [3.05, 3.63) is 65.7 Å². The molecule has 0 radical (unpaired) electrons. The molecule has 3 N–H and O–H groups in total. The van der Waals surface area contributed by atoms with Crippen molar-refractivity contribution in [3.63, 3.8) is 0 Å². The zero-order valence-corrected chi connectivity index (χ0v) is 11.2. The molecule has 0 saturated carbocycles. The predicted molar refractivity (Wildman–Crippen MR) is 82.6 cm³/mol. The second-order valence-electron chi connectivity index (χ2n) is 5.44. The van der Waals surface area contributed by atoms with Gasteiger partial charge in [-0.1, -0.05) is 54.6 Å². The van der Waals surface area contributed by atoms with Gasteiger partial charge >= 0.3 is 0 Å². The highest BCUT2D eigenvalue weighted by Crippen LogP contribution is 2.38. The van der Waals surface area contributed by atoms with E-state index in [9.17, 15) is 15.3 Å². The van der Waals surface area contributed by atoms with Crippen LogP contribution in [0.15, 0.2) is 54.6 Å². The number of fused-ring (bicyclic) bond motifs is 5. The van der Waals surface area contributed by atoms with Crippen molar-refractivity contribution in [2.75, 3.05) is 0 Å². The van der Waals surface area contributed by atoms with Crippen molar-refractivity contribution in [1.82, 2.24) is 0 Å². The van der Waals surface area contributed by atoms with Crippen molar-refractivity contribution in [3.8, 4) is 0 Å². The number of aliphatic hydroxyl groups is 3. The molecule has 104 valence electrons. The Hall–Kier alpha value is -2.20. The van der Waals surface area contributed by atoms with Gasteiger partial charge in [0, 0.05) is 5.56 Å². The normalized spacial score (nSPS) is 19.9. The molecular weight excluding hydrogens is 264 g/mol. The second-order valence-corrected chi connectivity index (χ2v) is 5.44. The third-order valence-electron chi connectivity index (χ3n) is 4.22. The zero-order chi connectivity index (χ0) is 14.6. The van der Waals surface area contributed by atoms with Gasteiger partial charge in [-0.15, -0.1) is 0 Å². The van der Waals surface area contributed by atoms with Crippen LogP contribution in [-0.4, -0.2) is 21.4 Å². The van der Waals surface area contributed by atoms with E-state index in [2.05, 4.69) is 12.1 Å². The van der Waals surface area contributed by atoms with Crippen LogP contribution in [0, 0.1) is 0 Å². The number of rotatable bonds is 0. The average Bonchev–Trinajstić information content (AvgIpc) is 2.50. The summed E-state index contributed by atoms with van der Waals surface area (Å²) in [4.78, 5) is 0. The number of aliphatic hydroxyl groups excluding tert-OH is 1. The van der Waals surface area contributed by atoms with Gasteiger partial charge in [-0.25, -0.2) is 0 Å². The minimum absolute atomic E-state index is 0.334. The molecule has 1 aliphatic rings. The van der Waals surface area contributed by atoms with Gasteiger partial charge in [0.05, 0.1) is 0 Å². The molecule has 3 heteroatoms. The fourth-order valence-electron chi connectivity index (χ4n) is 3.09. The lowest BCUT2D eigenvalue weighted by atomic mass is 9.85. The summed E-state index contributed by atoms with van der Waals surface area (Å²) in [5.41, 5.74) is 1.08. The van der Waals surface area contributed by atoms with Crippen LogP contribution >= 0.6 is 0 Å². The average molecular weight is 278 g/mol. The summed E-state index contributed by atoms with van der Waals surface area (Å²) in [7, 11) is 0. The number of hydrogen-bond donors (Lipinski definition) is 3. The topological polar surface area (TPSA) is 60.7 Å². The highest BCUT2D eigenvalue weighted by Gasteiger charge is 2.38. The number of hydrogen-bond acceptors (Lipinski definition) is 3. The Morgan fingerprint density at radius 2 is 1.57 bits per heavy atom. The summed E-state index contributed by atoms with van der Waals surface area (Å²) >= 11 is 0. The van der Waals surface area contributed by atoms with E-state index >= 15 is 0 Å². The lowest BCUT2D eigenvalue weighted by molar-refractivity contribution is -0.221. The van der Waals surface area contributed by atoms with Gasteiger partial charge in [0.2, 0.25) is 5.79 Å². The van der Waals surface area contributed by atoms with Gasteiger partial charge in [0.25, 0.3) is 0 Å². The first-order valence-electron chi connectivity index (χ1n) is 6.85. The van der Waals surface area contributed by atoms with Crippen LogP contribution < -0.4 is 0 Å². The molecule has 1 atom stereocenters. The zero-order valence-electron chi connectivity index (χ0n) is 11.2. The number of benzene rings is 3. The maximum atomic E-state index is 10.1. The Morgan fingerprint density at radius 3 is 2.43 bits per heavy atom. The fourth-order valence-corrected chi connectivity index (χ4v) is 3.09. The molecule has 0 saturated heterocycles. The highest BCUT2D eigenvalue weighted by atomic mass is 16.5. The molecule has 0 fully saturated rings. The van der Waals surface area contributed by atoms with Crippen molar-refractivity contribution < 1.29 is 15.3 Å².